The van der Waals surface area contributed by atoms with Crippen LogP contribution in [0.4, 0.5) is 11.4 Å². The van der Waals surface area contributed by atoms with Crippen molar-refractivity contribution in [2.45, 2.75) is 24.9 Å². The zero-order chi connectivity index (χ0) is 15.2. The number of fused-ring (bicyclic) bond motifs is 1. The summed E-state index contributed by atoms with van der Waals surface area (Å²) >= 11 is 0. The summed E-state index contributed by atoms with van der Waals surface area (Å²) < 4.78 is 25.3. The van der Waals surface area contributed by atoms with Gasteiger partial charge < -0.3 is 15.2 Å². The van der Waals surface area contributed by atoms with E-state index in [-0.39, 0.29) is 4.90 Å². The minimum absolute atomic E-state index is 0.0598. The van der Waals surface area contributed by atoms with E-state index in [1.807, 2.05) is 9.47 Å². The summed E-state index contributed by atoms with van der Waals surface area (Å²) in [7, 11) is -3.81. The molecule has 0 saturated heterocycles. The summed E-state index contributed by atoms with van der Waals surface area (Å²) in [4.78, 5) is 2.09. The number of nitrogen functional groups attached to an aromatic ring is 1. The molecule has 112 valence electrons. The fraction of sp³-hybridized carbons (Fsp3) is 0.333. The fourth-order valence-electron chi connectivity index (χ4n) is 2.59. The molecule has 1 aliphatic rings. The van der Waals surface area contributed by atoms with Crippen molar-refractivity contribution in [3.63, 3.8) is 0 Å². The molecule has 0 amide bonds. The molecule has 0 fully saturated rings. The first-order valence-corrected chi connectivity index (χ1v) is 7.95. The van der Waals surface area contributed by atoms with Crippen LogP contribution in [0.5, 0.6) is 0 Å². The number of hydrogen-bond acceptors (Lipinski definition) is 6. The summed E-state index contributed by atoms with van der Waals surface area (Å²) in [5, 5.41) is 13.2. The van der Waals surface area contributed by atoms with Crippen LogP contribution in [-0.4, -0.2) is 29.7 Å². The number of rotatable bonds is 2. The molecule has 1 aromatic heterocycles. The fourth-order valence-corrected chi connectivity index (χ4v) is 3.42. The van der Waals surface area contributed by atoms with Gasteiger partial charge in [0.05, 0.1) is 11.4 Å². The monoisotopic (exact) mass is 308 g/mol. The Balaban J connectivity index is 2.06. The maximum absolute atomic E-state index is 11.7. The first-order chi connectivity index (χ1) is 9.86. The Kier molecular flexibility index (Phi) is 3.10. The molecule has 0 saturated carbocycles. The largest absolute Gasteiger partial charge is 0.399 e. The molecule has 2 heterocycles. The number of sulfonamides is 1. The Bertz CT molecular complexity index is 798. The van der Waals surface area contributed by atoms with Crippen LogP contribution in [-0.2, 0) is 23.1 Å². The van der Waals surface area contributed by atoms with Crippen LogP contribution in [0.2, 0.25) is 0 Å². The van der Waals surface area contributed by atoms with Gasteiger partial charge in [-0.1, -0.05) is 0 Å². The third kappa shape index (κ3) is 2.45. The van der Waals surface area contributed by atoms with Crippen LogP contribution in [0.25, 0.3) is 0 Å². The second kappa shape index (κ2) is 4.71. The van der Waals surface area contributed by atoms with Crippen LogP contribution in [0.15, 0.2) is 23.4 Å². The van der Waals surface area contributed by atoms with Gasteiger partial charge in [-0.3, -0.25) is 0 Å². The summed E-state index contributed by atoms with van der Waals surface area (Å²) in [6.45, 7) is 3.74. The van der Waals surface area contributed by atoms with Gasteiger partial charge in [-0.15, -0.1) is 10.2 Å². The SMILES string of the molecule is Cc1c(N2CCn3cnnc3C2)cc(N)cc1S(N)(=O)=O. The summed E-state index contributed by atoms with van der Waals surface area (Å²) in [6, 6.07) is 3.15. The number of nitrogens with zero attached hydrogens (tertiary/aromatic N) is 4. The van der Waals surface area contributed by atoms with Gasteiger partial charge in [0.2, 0.25) is 10.0 Å². The summed E-state index contributed by atoms with van der Waals surface area (Å²) in [5.41, 5.74) is 7.55. The first kappa shape index (κ1) is 13.8. The normalized spacial score (nSPS) is 15.0. The number of nitrogens with two attached hydrogens (primary N) is 2. The molecular formula is C12H16N6O2S. The molecule has 1 aliphatic heterocycles. The highest BCUT2D eigenvalue weighted by Gasteiger charge is 2.23. The second-order valence-corrected chi connectivity index (χ2v) is 6.60. The lowest BCUT2D eigenvalue weighted by Crippen LogP contribution is -2.34. The molecule has 0 unspecified atom stereocenters. The Hall–Kier alpha value is -2.13. The van der Waals surface area contributed by atoms with E-state index in [4.69, 9.17) is 10.9 Å². The number of primary sulfonamides is 1. The lowest BCUT2D eigenvalue weighted by Gasteiger charge is -2.31. The third-order valence-electron chi connectivity index (χ3n) is 3.64. The average Bonchev–Trinajstić information content (AvgIpc) is 2.87. The van der Waals surface area contributed by atoms with Crippen molar-refractivity contribution in [1.29, 1.82) is 0 Å². The van der Waals surface area contributed by atoms with Crippen LogP contribution in [0, 0.1) is 6.92 Å². The third-order valence-corrected chi connectivity index (χ3v) is 4.68. The number of anilines is 2. The molecule has 3 rings (SSSR count). The van der Waals surface area contributed by atoms with Crippen LogP contribution >= 0.6 is 0 Å². The van der Waals surface area contributed by atoms with Gasteiger partial charge in [-0.2, -0.15) is 0 Å². The van der Waals surface area contributed by atoms with Gasteiger partial charge in [0.25, 0.3) is 0 Å². The molecule has 2 aromatic rings. The predicted octanol–water partition coefficient (Wildman–Crippen LogP) is -0.164. The molecule has 0 spiro atoms. The maximum Gasteiger partial charge on any atom is 0.238 e. The lowest BCUT2D eigenvalue weighted by molar-refractivity contribution is 0.558. The molecule has 0 radical (unpaired) electrons. The van der Waals surface area contributed by atoms with Crippen molar-refractivity contribution in [2.75, 3.05) is 17.2 Å². The zero-order valence-electron chi connectivity index (χ0n) is 11.5. The highest BCUT2D eigenvalue weighted by molar-refractivity contribution is 7.89. The van der Waals surface area contributed by atoms with Gasteiger partial charge in [0.15, 0.2) is 5.82 Å². The summed E-state index contributed by atoms with van der Waals surface area (Å²) in [6.07, 6.45) is 1.69. The van der Waals surface area contributed by atoms with Crippen molar-refractivity contribution in [3.8, 4) is 0 Å². The van der Waals surface area contributed by atoms with Crippen LogP contribution in [0.1, 0.15) is 11.4 Å². The van der Waals surface area contributed by atoms with Crippen molar-refractivity contribution >= 4 is 21.4 Å². The van der Waals surface area contributed by atoms with Crippen molar-refractivity contribution < 1.29 is 8.42 Å². The average molecular weight is 308 g/mol. The lowest BCUT2D eigenvalue weighted by atomic mass is 10.1. The Morgan fingerprint density at radius 3 is 2.76 bits per heavy atom. The number of hydrogen-bond donors (Lipinski definition) is 2. The van der Waals surface area contributed by atoms with E-state index in [9.17, 15) is 8.42 Å². The van der Waals surface area contributed by atoms with E-state index in [1.54, 1.807) is 19.3 Å². The van der Waals surface area contributed by atoms with Gasteiger partial charge in [-0.25, -0.2) is 13.6 Å². The molecule has 9 heteroatoms. The van der Waals surface area contributed by atoms with E-state index in [0.717, 1.165) is 24.6 Å². The smallest absolute Gasteiger partial charge is 0.238 e. The minimum atomic E-state index is -3.81. The van der Waals surface area contributed by atoms with E-state index < -0.39 is 10.0 Å². The Morgan fingerprint density at radius 1 is 1.29 bits per heavy atom. The van der Waals surface area contributed by atoms with E-state index in [1.165, 1.54) is 6.07 Å². The maximum atomic E-state index is 11.7. The highest BCUT2D eigenvalue weighted by Crippen LogP contribution is 2.30. The molecular weight excluding hydrogens is 292 g/mol. The molecule has 0 bridgehead atoms. The van der Waals surface area contributed by atoms with Gasteiger partial charge in [-0.05, 0) is 24.6 Å². The highest BCUT2D eigenvalue weighted by atomic mass is 32.2. The zero-order valence-corrected chi connectivity index (χ0v) is 12.3. The van der Waals surface area contributed by atoms with E-state index in [0.29, 0.717) is 17.8 Å². The predicted molar refractivity (Wildman–Crippen MR) is 78.0 cm³/mol. The molecule has 8 nitrogen and oxygen atoms in total. The Morgan fingerprint density at radius 2 is 2.05 bits per heavy atom. The van der Waals surface area contributed by atoms with Crippen LogP contribution in [0.3, 0.4) is 0 Å². The quantitative estimate of drug-likeness (QED) is 0.744. The molecule has 0 atom stereocenters. The molecule has 0 aliphatic carbocycles. The number of aromatic nitrogens is 3. The molecule has 4 N–H and O–H groups in total. The Labute approximate surface area is 122 Å². The van der Waals surface area contributed by atoms with Crippen LogP contribution < -0.4 is 15.8 Å². The second-order valence-electron chi connectivity index (χ2n) is 5.07. The first-order valence-electron chi connectivity index (χ1n) is 6.41. The van der Waals surface area contributed by atoms with Crippen molar-refractivity contribution in [3.05, 3.63) is 29.8 Å². The van der Waals surface area contributed by atoms with E-state index in [2.05, 4.69) is 10.2 Å². The van der Waals surface area contributed by atoms with Gasteiger partial charge in [0, 0.05) is 24.5 Å². The van der Waals surface area contributed by atoms with E-state index >= 15 is 0 Å². The van der Waals surface area contributed by atoms with Gasteiger partial charge in [0.1, 0.15) is 6.33 Å². The molecule has 21 heavy (non-hydrogen) atoms. The van der Waals surface area contributed by atoms with Crippen molar-refractivity contribution in [2.24, 2.45) is 5.14 Å². The standard InChI is InChI=1S/C12H16N6O2S/c1-8-10(4-9(13)5-11(8)21(14,19)20)17-2-3-18-7-15-16-12(18)6-17/h4-5,7H,2-3,6,13H2,1H3,(H2,14,19,20). The summed E-state index contributed by atoms with van der Waals surface area (Å²) in [5.74, 6) is 0.834. The minimum Gasteiger partial charge on any atom is -0.399 e. The van der Waals surface area contributed by atoms with Crippen molar-refractivity contribution in [1.82, 2.24) is 14.8 Å². The number of benzene rings is 1. The topological polar surface area (TPSA) is 120 Å². The van der Waals surface area contributed by atoms with Gasteiger partial charge >= 0.3 is 0 Å². The molecule has 1 aromatic carbocycles.